The Bertz CT molecular complexity index is 896. The van der Waals surface area contributed by atoms with E-state index in [0.29, 0.717) is 28.8 Å². The van der Waals surface area contributed by atoms with Crippen molar-refractivity contribution in [3.05, 3.63) is 53.1 Å². The standard InChI is InChI=1S/C19H19ClN4O3/c1-3-27-16-9-6-13(20)10-15(16)22-19(26)18-21-11-17(25)24(23-18)14-7-4-12(2)5-8-14/h4-10H,3,11H2,1-2H3,(H,21,23)(H,22,26). The van der Waals surface area contributed by atoms with Crippen LogP contribution < -0.4 is 20.5 Å². The lowest BCUT2D eigenvalue weighted by Crippen LogP contribution is -2.54. The Morgan fingerprint density at radius 3 is 2.74 bits per heavy atom. The summed E-state index contributed by atoms with van der Waals surface area (Å²) in [5.74, 6) is -0.230. The number of nitrogens with zero attached hydrogens (tertiary/aromatic N) is 2. The Hall–Kier alpha value is -3.06. The number of carbonyl (C=O) groups excluding carboxylic acids is 2. The van der Waals surface area contributed by atoms with E-state index >= 15 is 0 Å². The van der Waals surface area contributed by atoms with E-state index in [-0.39, 0.29) is 18.3 Å². The fourth-order valence-corrected chi connectivity index (χ4v) is 2.68. The van der Waals surface area contributed by atoms with Crippen molar-refractivity contribution in [3.8, 4) is 5.75 Å². The van der Waals surface area contributed by atoms with Gasteiger partial charge in [-0.2, -0.15) is 0 Å². The zero-order valence-corrected chi connectivity index (χ0v) is 15.7. The van der Waals surface area contributed by atoms with Crippen LogP contribution in [0.25, 0.3) is 0 Å². The molecule has 0 bridgehead atoms. The number of hydrogen-bond acceptors (Lipinski definition) is 5. The zero-order chi connectivity index (χ0) is 19.4. The summed E-state index contributed by atoms with van der Waals surface area (Å²) in [6, 6.07) is 12.3. The van der Waals surface area contributed by atoms with Gasteiger partial charge in [-0.05, 0) is 44.2 Å². The number of carbonyl (C=O) groups is 2. The highest BCUT2D eigenvalue weighted by atomic mass is 35.5. The van der Waals surface area contributed by atoms with Crippen LogP contribution in [-0.4, -0.2) is 30.8 Å². The molecule has 2 aromatic carbocycles. The van der Waals surface area contributed by atoms with Gasteiger partial charge in [-0.1, -0.05) is 29.3 Å². The van der Waals surface area contributed by atoms with Crippen LogP contribution in [0.5, 0.6) is 5.75 Å². The minimum atomic E-state index is -0.497. The molecular formula is C19H19ClN4O3. The third-order valence-electron chi connectivity index (χ3n) is 3.84. The van der Waals surface area contributed by atoms with Crippen LogP contribution in [-0.2, 0) is 9.59 Å². The van der Waals surface area contributed by atoms with Crippen molar-refractivity contribution in [3.63, 3.8) is 0 Å². The van der Waals surface area contributed by atoms with Crippen LogP contribution in [0.2, 0.25) is 5.02 Å². The van der Waals surface area contributed by atoms with Gasteiger partial charge in [-0.3, -0.25) is 20.0 Å². The number of hydrazine groups is 1. The lowest BCUT2D eigenvalue weighted by Gasteiger charge is -2.27. The number of halogens is 1. The first-order valence-electron chi connectivity index (χ1n) is 8.42. The van der Waals surface area contributed by atoms with Gasteiger partial charge in [0, 0.05) is 5.02 Å². The molecule has 8 heteroatoms. The van der Waals surface area contributed by atoms with Gasteiger partial charge in [0.1, 0.15) is 12.3 Å². The molecule has 0 aliphatic carbocycles. The Kier molecular flexibility index (Phi) is 5.61. The molecule has 27 heavy (non-hydrogen) atoms. The molecule has 0 saturated heterocycles. The molecule has 7 nitrogen and oxygen atoms in total. The molecule has 0 atom stereocenters. The molecule has 0 saturated carbocycles. The number of nitrogens with one attached hydrogen (secondary N) is 2. The van der Waals surface area contributed by atoms with Crippen molar-refractivity contribution >= 4 is 40.6 Å². The maximum Gasteiger partial charge on any atom is 0.292 e. The van der Waals surface area contributed by atoms with Gasteiger partial charge in [-0.25, -0.2) is 5.01 Å². The summed E-state index contributed by atoms with van der Waals surface area (Å²) in [6.07, 6.45) is 0. The van der Waals surface area contributed by atoms with Crippen molar-refractivity contribution in [2.45, 2.75) is 13.8 Å². The van der Waals surface area contributed by atoms with Gasteiger partial charge in [0.25, 0.3) is 11.8 Å². The first-order valence-corrected chi connectivity index (χ1v) is 8.80. The average Bonchev–Trinajstić information content (AvgIpc) is 2.65. The maximum atomic E-state index is 12.6. The van der Waals surface area contributed by atoms with E-state index in [1.807, 2.05) is 26.0 Å². The van der Waals surface area contributed by atoms with Crippen LogP contribution in [0.4, 0.5) is 11.4 Å². The van der Waals surface area contributed by atoms with Crippen LogP contribution in [0.3, 0.4) is 0 Å². The summed E-state index contributed by atoms with van der Waals surface area (Å²) in [6.45, 7) is 4.12. The molecule has 3 rings (SSSR count). The number of hydrogen-bond donors (Lipinski definition) is 2. The Labute approximate surface area is 162 Å². The number of rotatable bonds is 5. The van der Waals surface area contributed by atoms with Gasteiger partial charge in [0.2, 0.25) is 5.84 Å². The number of anilines is 2. The second kappa shape index (κ2) is 8.09. The Balaban J connectivity index is 1.78. The number of ether oxygens (including phenoxy) is 1. The molecule has 0 fully saturated rings. The SMILES string of the molecule is CCOc1ccc(Cl)cc1NC(=O)C1=NCC(=O)N(c2ccc(C)cc2)N1. The summed E-state index contributed by atoms with van der Waals surface area (Å²) in [7, 11) is 0. The van der Waals surface area contributed by atoms with Crippen molar-refractivity contribution in [1.82, 2.24) is 5.43 Å². The van der Waals surface area contributed by atoms with Gasteiger partial charge < -0.3 is 10.1 Å². The molecule has 140 valence electrons. The predicted molar refractivity (Wildman–Crippen MR) is 105 cm³/mol. The topological polar surface area (TPSA) is 83.0 Å². The molecule has 2 aromatic rings. The van der Waals surface area contributed by atoms with E-state index < -0.39 is 5.91 Å². The van der Waals surface area contributed by atoms with E-state index in [9.17, 15) is 9.59 Å². The fourth-order valence-electron chi connectivity index (χ4n) is 2.51. The molecule has 1 heterocycles. The molecular weight excluding hydrogens is 368 g/mol. The minimum Gasteiger partial charge on any atom is -0.492 e. The van der Waals surface area contributed by atoms with Crippen LogP contribution >= 0.6 is 11.6 Å². The molecule has 2 amide bonds. The molecule has 2 N–H and O–H groups in total. The summed E-state index contributed by atoms with van der Waals surface area (Å²) in [4.78, 5) is 28.8. The van der Waals surface area contributed by atoms with Crippen LogP contribution in [0.1, 0.15) is 12.5 Å². The van der Waals surface area contributed by atoms with Gasteiger partial charge in [0.05, 0.1) is 18.0 Å². The minimum absolute atomic E-state index is 0.0256. The van der Waals surface area contributed by atoms with E-state index in [2.05, 4.69) is 15.7 Å². The molecule has 1 aliphatic heterocycles. The average molecular weight is 387 g/mol. The summed E-state index contributed by atoms with van der Waals surface area (Å²) >= 11 is 6.02. The molecule has 0 aromatic heterocycles. The fraction of sp³-hybridized carbons (Fsp3) is 0.211. The highest BCUT2D eigenvalue weighted by Gasteiger charge is 2.26. The van der Waals surface area contributed by atoms with E-state index in [0.717, 1.165) is 5.56 Å². The van der Waals surface area contributed by atoms with E-state index in [1.165, 1.54) is 5.01 Å². The summed E-state index contributed by atoms with van der Waals surface area (Å²) < 4.78 is 5.50. The highest BCUT2D eigenvalue weighted by Crippen LogP contribution is 2.28. The Morgan fingerprint density at radius 1 is 1.30 bits per heavy atom. The predicted octanol–water partition coefficient (Wildman–Crippen LogP) is 2.94. The van der Waals surface area contributed by atoms with Crippen molar-refractivity contribution in [2.24, 2.45) is 4.99 Å². The second-order valence-corrected chi connectivity index (χ2v) is 6.31. The quantitative estimate of drug-likeness (QED) is 0.827. The lowest BCUT2D eigenvalue weighted by molar-refractivity contribution is -0.118. The largest absolute Gasteiger partial charge is 0.492 e. The van der Waals surface area contributed by atoms with Crippen molar-refractivity contribution in [1.29, 1.82) is 0 Å². The molecule has 0 unspecified atom stereocenters. The normalized spacial score (nSPS) is 13.7. The number of benzene rings is 2. The number of aryl methyl sites for hydroxylation is 1. The van der Waals surface area contributed by atoms with Gasteiger partial charge in [0.15, 0.2) is 0 Å². The van der Waals surface area contributed by atoms with Crippen molar-refractivity contribution < 1.29 is 14.3 Å². The highest BCUT2D eigenvalue weighted by molar-refractivity contribution is 6.43. The first kappa shape index (κ1) is 18.7. The summed E-state index contributed by atoms with van der Waals surface area (Å²) in [5, 5.41) is 4.49. The number of amides is 2. The Morgan fingerprint density at radius 2 is 2.04 bits per heavy atom. The third kappa shape index (κ3) is 4.38. The van der Waals surface area contributed by atoms with E-state index in [4.69, 9.17) is 16.3 Å². The first-order chi connectivity index (χ1) is 13.0. The molecule has 1 aliphatic rings. The maximum absolute atomic E-state index is 12.6. The van der Waals surface area contributed by atoms with Gasteiger partial charge in [-0.15, -0.1) is 0 Å². The lowest BCUT2D eigenvalue weighted by atomic mass is 10.2. The smallest absolute Gasteiger partial charge is 0.292 e. The number of aliphatic imine (C=N–C) groups is 1. The second-order valence-electron chi connectivity index (χ2n) is 5.87. The number of amidine groups is 1. The third-order valence-corrected chi connectivity index (χ3v) is 4.07. The molecule has 0 spiro atoms. The van der Waals surface area contributed by atoms with Crippen LogP contribution in [0, 0.1) is 6.92 Å². The van der Waals surface area contributed by atoms with Crippen LogP contribution in [0.15, 0.2) is 47.5 Å². The summed E-state index contributed by atoms with van der Waals surface area (Å²) in [5.41, 5.74) is 4.90. The molecule has 0 radical (unpaired) electrons. The van der Waals surface area contributed by atoms with E-state index in [1.54, 1.807) is 30.3 Å². The van der Waals surface area contributed by atoms with Crippen molar-refractivity contribution in [2.75, 3.05) is 23.5 Å². The zero-order valence-electron chi connectivity index (χ0n) is 15.0. The van der Waals surface area contributed by atoms with Gasteiger partial charge >= 0.3 is 0 Å². The monoisotopic (exact) mass is 386 g/mol.